The minimum Gasteiger partial charge on any atom is -0.458 e. The molecule has 0 bridgehead atoms. The molecule has 1 N–H and O–H groups in total. The Morgan fingerprint density at radius 2 is 2.23 bits per heavy atom. The summed E-state index contributed by atoms with van der Waals surface area (Å²) in [5, 5.41) is 8.78. The number of aliphatic hydroxyl groups excluding tert-OH is 1. The van der Waals surface area contributed by atoms with Crippen LogP contribution in [0.5, 0.6) is 0 Å². The fourth-order valence-corrected chi connectivity index (χ4v) is 2.14. The van der Waals surface area contributed by atoms with Crippen molar-refractivity contribution in [3.8, 4) is 0 Å². The Kier molecular flexibility index (Phi) is 7.62. The molecule has 22 heavy (non-hydrogen) atoms. The number of esters is 1. The minimum atomic E-state index is -0.488. The third-order valence-corrected chi connectivity index (χ3v) is 3.56. The molecule has 0 radical (unpaired) electrons. The van der Waals surface area contributed by atoms with Gasteiger partial charge in [-0.3, -0.25) is 0 Å². The number of ether oxygens (including phenoxy) is 3. The summed E-state index contributed by atoms with van der Waals surface area (Å²) in [7, 11) is 0. The lowest BCUT2D eigenvalue weighted by Gasteiger charge is -2.35. The van der Waals surface area contributed by atoms with E-state index in [0.717, 1.165) is 6.42 Å². The van der Waals surface area contributed by atoms with Crippen molar-refractivity contribution in [2.24, 2.45) is 11.3 Å². The van der Waals surface area contributed by atoms with Gasteiger partial charge in [0, 0.05) is 13.0 Å². The van der Waals surface area contributed by atoms with Crippen molar-refractivity contribution in [1.29, 1.82) is 0 Å². The molecule has 1 rings (SSSR count). The van der Waals surface area contributed by atoms with E-state index >= 15 is 0 Å². The van der Waals surface area contributed by atoms with Crippen LogP contribution >= 0.6 is 0 Å². The molecule has 0 fully saturated rings. The summed E-state index contributed by atoms with van der Waals surface area (Å²) in [6, 6.07) is 0. The monoisotopic (exact) mass is 312 g/mol. The van der Waals surface area contributed by atoms with Crippen LogP contribution in [0, 0.1) is 11.3 Å². The van der Waals surface area contributed by atoms with Crippen LogP contribution in [0.2, 0.25) is 0 Å². The van der Waals surface area contributed by atoms with E-state index in [-0.39, 0.29) is 30.3 Å². The summed E-state index contributed by atoms with van der Waals surface area (Å²) < 4.78 is 16.4. The van der Waals surface area contributed by atoms with Crippen LogP contribution in [0.15, 0.2) is 24.5 Å². The number of hydrogen-bond donors (Lipinski definition) is 1. The maximum atomic E-state index is 12.0. The Bertz CT molecular complexity index is 394. The molecule has 0 amide bonds. The second-order valence-corrected chi connectivity index (χ2v) is 6.48. The lowest BCUT2D eigenvalue weighted by molar-refractivity contribution is -0.165. The first-order valence-electron chi connectivity index (χ1n) is 7.77. The van der Waals surface area contributed by atoms with Gasteiger partial charge in [0.25, 0.3) is 0 Å². The average molecular weight is 312 g/mol. The summed E-state index contributed by atoms with van der Waals surface area (Å²) >= 11 is 0. The molecule has 1 aliphatic rings. The smallest absolute Gasteiger partial charge is 0.373 e. The van der Waals surface area contributed by atoms with Gasteiger partial charge in [-0.1, -0.05) is 33.4 Å². The van der Waals surface area contributed by atoms with Gasteiger partial charge in [-0.25, -0.2) is 4.79 Å². The predicted molar refractivity (Wildman–Crippen MR) is 83.9 cm³/mol. The van der Waals surface area contributed by atoms with Crippen molar-refractivity contribution in [1.82, 2.24) is 0 Å². The molecule has 0 saturated carbocycles. The molecule has 0 aromatic rings. The molecular weight excluding hydrogens is 284 g/mol. The SMILES string of the molecule is C=CCOC(=O)C1=C[C@H](C(C)(C)C)C[C@H](OCCCCO)O1. The van der Waals surface area contributed by atoms with Gasteiger partial charge < -0.3 is 19.3 Å². The Labute approximate surface area is 132 Å². The third kappa shape index (κ3) is 6.20. The first kappa shape index (κ1) is 18.7. The van der Waals surface area contributed by atoms with E-state index in [0.29, 0.717) is 19.4 Å². The minimum absolute atomic E-state index is 0.000452. The molecule has 0 saturated heterocycles. The molecule has 126 valence electrons. The van der Waals surface area contributed by atoms with Crippen molar-refractivity contribution < 1.29 is 24.1 Å². The maximum absolute atomic E-state index is 12.0. The number of rotatable bonds is 8. The lowest BCUT2D eigenvalue weighted by atomic mass is 9.77. The first-order valence-corrected chi connectivity index (χ1v) is 7.77. The van der Waals surface area contributed by atoms with Crippen molar-refractivity contribution in [3.63, 3.8) is 0 Å². The number of carbonyl (C=O) groups is 1. The Hall–Kier alpha value is -1.33. The van der Waals surface area contributed by atoms with E-state index in [1.165, 1.54) is 6.08 Å². The second-order valence-electron chi connectivity index (χ2n) is 6.48. The van der Waals surface area contributed by atoms with Crippen molar-refractivity contribution in [2.75, 3.05) is 19.8 Å². The Morgan fingerprint density at radius 3 is 2.82 bits per heavy atom. The molecule has 0 aromatic carbocycles. The highest BCUT2D eigenvalue weighted by Crippen LogP contribution is 2.36. The third-order valence-electron chi connectivity index (χ3n) is 3.56. The summed E-state index contributed by atoms with van der Waals surface area (Å²) in [5.74, 6) is -0.117. The van der Waals surface area contributed by atoms with Gasteiger partial charge in [-0.2, -0.15) is 0 Å². The van der Waals surface area contributed by atoms with E-state index in [1.807, 2.05) is 6.08 Å². The van der Waals surface area contributed by atoms with Crippen molar-refractivity contribution in [3.05, 3.63) is 24.5 Å². The van der Waals surface area contributed by atoms with Crippen LogP contribution in [0.4, 0.5) is 0 Å². The lowest BCUT2D eigenvalue weighted by Crippen LogP contribution is -2.33. The molecule has 0 spiro atoms. The van der Waals surface area contributed by atoms with Crippen LogP contribution in [0.3, 0.4) is 0 Å². The molecule has 1 aliphatic heterocycles. The van der Waals surface area contributed by atoms with Gasteiger partial charge >= 0.3 is 5.97 Å². The van der Waals surface area contributed by atoms with Crippen molar-refractivity contribution in [2.45, 2.75) is 46.3 Å². The van der Waals surface area contributed by atoms with Gasteiger partial charge in [0.15, 0.2) is 0 Å². The van der Waals surface area contributed by atoms with Gasteiger partial charge in [-0.15, -0.1) is 0 Å². The molecule has 0 aliphatic carbocycles. The van der Waals surface area contributed by atoms with Crippen molar-refractivity contribution >= 4 is 5.97 Å². The van der Waals surface area contributed by atoms with Gasteiger partial charge in [0.2, 0.25) is 12.0 Å². The molecule has 5 heteroatoms. The summed E-state index contributed by atoms with van der Waals surface area (Å²) in [4.78, 5) is 12.0. The summed E-state index contributed by atoms with van der Waals surface area (Å²) in [6.07, 6.45) is 5.04. The fourth-order valence-electron chi connectivity index (χ4n) is 2.14. The topological polar surface area (TPSA) is 65.0 Å². The summed E-state index contributed by atoms with van der Waals surface area (Å²) in [6.45, 7) is 10.7. The highest BCUT2D eigenvalue weighted by Gasteiger charge is 2.34. The number of allylic oxidation sites excluding steroid dienone is 1. The van der Waals surface area contributed by atoms with Crippen LogP contribution in [0.25, 0.3) is 0 Å². The predicted octanol–water partition coefficient (Wildman–Crippen LogP) is 2.80. The maximum Gasteiger partial charge on any atom is 0.373 e. The quantitative estimate of drug-likeness (QED) is 0.424. The molecule has 5 nitrogen and oxygen atoms in total. The molecule has 1 heterocycles. The second kappa shape index (κ2) is 8.96. The van der Waals surface area contributed by atoms with Gasteiger partial charge in [0.05, 0.1) is 6.61 Å². The van der Waals surface area contributed by atoms with Gasteiger partial charge in [0.1, 0.15) is 6.61 Å². The molecule has 0 aromatic heterocycles. The number of carbonyl (C=O) groups excluding carboxylic acids is 1. The highest BCUT2D eigenvalue weighted by molar-refractivity contribution is 5.86. The number of unbranched alkanes of at least 4 members (excludes halogenated alkanes) is 1. The van der Waals surface area contributed by atoms with E-state index in [1.54, 1.807) is 0 Å². The zero-order valence-corrected chi connectivity index (χ0v) is 13.8. The highest BCUT2D eigenvalue weighted by atomic mass is 16.7. The molecule has 0 unspecified atom stereocenters. The van der Waals surface area contributed by atoms with E-state index in [4.69, 9.17) is 19.3 Å². The zero-order valence-electron chi connectivity index (χ0n) is 13.8. The van der Waals surface area contributed by atoms with Gasteiger partial charge in [-0.05, 0) is 30.3 Å². The zero-order chi connectivity index (χ0) is 16.6. The fraction of sp³-hybridized carbons (Fsp3) is 0.706. The number of hydrogen-bond acceptors (Lipinski definition) is 5. The largest absolute Gasteiger partial charge is 0.458 e. The standard InChI is InChI=1S/C17H28O5/c1-5-9-21-16(19)14-11-13(17(2,3)4)12-15(22-14)20-10-7-6-8-18/h5,11,13,15,18H,1,6-10,12H2,2-4H3/t13-,15+/m0/s1. The molecular formula is C17H28O5. The van der Waals surface area contributed by atoms with Crippen LogP contribution in [0.1, 0.15) is 40.0 Å². The Morgan fingerprint density at radius 1 is 1.50 bits per heavy atom. The molecule has 2 atom stereocenters. The number of aliphatic hydroxyl groups is 1. The van der Waals surface area contributed by atoms with Crippen LogP contribution < -0.4 is 0 Å². The van der Waals surface area contributed by atoms with Crippen LogP contribution in [-0.2, 0) is 19.0 Å². The van der Waals surface area contributed by atoms with E-state index in [2.05, 4.69) is 27.4 Å². The van der Waals surface area contributed by atoms with Crippen LogP contribution in [-0.4, -0.2) is 37.2 Å². The summed E-state index contributed by atoms with van der Waals surface area (Å²) in [5.41, 5.74) is 0.000452. The normalized spacial score (nSPS) is 21.7. The Balaban J connectivity index is 2.70. The van der Waals surface area contributed by atoms with E-state index < -0.39 is 12.3 Å². The average Bonchev–Trinajstić information content (AvgIpc) is 2.48. The van der Waals surface area contributed by atoms with E-state index in [9.17, 15) is 4.79 Å². The first-order chi connectivity index (χ1) is 10.4.